The molecule has 1 aromatic heterocycles. The number of benzene rings is 1. The molecule has 1 saturated heterocycles. The lowest BCUT2D eigenvalue weighted by Crippen LogP contribution is -2.44. The average molecular weight is 400 g/mol. The maximum absolute atomic E-state index is 11.1. The minimum atomic E-state index is -0.765. The highest BCUT2D eigenvalue weighted by Gasteiger charge is 2.24. The molecule has 2 aromatic rings. The number of methoxy groups -OCH3 is 1. The standard InChI is InChI=1S/C21H28N4O4/c1-13-9-19(22-15-5-4-8-25(12-15)11-14(2)21(27)28)23-24-20(13)17-7-6-16(29-3)10-18(17)26/h6-7,9-10,14-15,26H,4-5,8,11-12H2,1-3H3,(H,22,23)(H,27,28)/t14-,15-/m1/s1. The number of nitrogens with zero attached hydrogens (tertiary/aromatic N) is 3. The van der Waals surface area contributed by atoms with Gasteiger partial charge in [0.2, 0.25) is 0 Å². The van der Waals surface area contributed by atoms with Gasteiger partial charge in [0.25, 0.3) is 0 Å². The molecule has 0 amide bonds. The number of phenolic OH excluding ortho intramolecular Hbond substituents is 1. The molecule has 8 heteroatoms. The summed E-state index contributed by atoms with van der Waals surface area (Å²) in [6, 6.07) is 7.21. The van der Waals surface area contributed by atoms with Crippen molar-refractivity contribution in [1.29, 1.82) is 0 Å². The van der Waals surface area contributed by atoms with Crippen molar-refractivity contribution in [2.24, 2.45) is 5.92 Å². The maximum atomic E-state index is 11.1. The summed E-state index contributed by atoms with van der Waals surface area (Å²) in [5.74, 6) is 0.204. The molecule has 0 saturated carbocycles. The van der Waals surface area contributed by atoms with Crippen LogP contribution in [0.4, 0.5) is 5.82 Å². The zero-order chi connectivity index (χ0) is 21.0. The highest BCUT2D eigenvalue weighted by Crippen LogP contribution is 2.33. The van der Waals surface area contributed by atoms with Gasteiger partial charge >= 0.3 is 5.97 Å². The third-order valence-corrected chi connectivity index (χ3v) is 5.26. The molecule has 3 N–H and O–H groups in total. The first-order chi connectivity index (χ1) is 13.9. The molecule has 1 aliphatic heterocycles. The number of rotatable bonds is 7. The third kappa shape index (κ3) is 5.14. The number of carboxylic acid groups (broad SMARTS) is 1. The summed E-state index contributed by atoms with van der Waals surface area (Å²) in [6.45, 7) is 5.91. The maximum Gasteiger partial charge on any atom is 0.307 e. The van der Waals surface area contributed by atoms with Crippen molar-refractivity contribution in [3.8, 4) is 22.8 Å². The average Bonchev–Trinajstić information content (AvgIpc) is 2.68. The Kier molecular flexibility index (Phi) is 6.53. The van der Waals surface area contributed by atoms with E-state index in [-0.39, 0.29) is 17.7 Å². The summed E-state index contributed by atoms with van der Waals surface area (Å²) in [5.41, 5.74) is 2.13. The molecule has 1 aromatic carbocycles. The predicted molar refractivity (Wildman–Crippen MR) is 110 cm³/mol. The molecular formula is C21H28N4O4. The first-order valence-corrected chi connectivity index (χ1v) is 9.80. The Hall–Kier alpha value is -2.87. The SMILES string of the molecule is COc1ccc(-c2nnc(N[C@@H]3CCCN(C[C@@H](C)C(=O)O)C3)cc2C)c(O)c1. The summed E-state index contributed by atoms with van der Waals surface area (Å²) in [7, 11) is 1.55. The van der Waals surface area contributed by atoms with Gasteiger partial charge in [-0.25, -0.2) is 0 Å². The van der Waals surface area contributed by atoms with E-state index in [0.29, 0.717) is 29.4 Å². The van der Waals surface area contributed by atoms with Crippen LogP contribution in [0.3, 0.4) is 0 Å². The van der Waals surface area contributed by atoms with Crippen LogP contribution < -0.4 is 10.1 Å². The topological polar surface area (TPSA) is 108 Å². The van der Waals surface area contributed by atoms with Crippen molar-refractivity contribution in [2.75, 3.05) is 32.1 Å². The van der Waals surface area contributed by atoms with Crippen molar-refractivity contribution < 1.29 is 19.7 Å². The number of carboxylic acids is 1. The highest BCUT2D eigenvalue weighted by atomic mass is 16.5. The molecule has 156 valence electrons. The van der Waals surface area contributed by atoms with Crippen molar-refractivity contribution >= 4 is 11.8 Å². The van der Waals surface area contributed by atoms with E-state index in [1.807, 2.05) is 13.0 Å². The number of likely N-dealkylation sites (tertiary alicyclic amines) is 1. The van der Waals surface area contributed by atoms with Gasteiger partial charge in [0.05, 0.1) is 18.7 Å². The second kappa shape index (κ2) is 9.09. The Balaban J connectivity index is 1.68. The number of hydrogen-bond donors (Lipinski definition) is 3. The zero-order valence-corrected chi connectivity index (χ0v) is 17.1. The van der Waals surface area contributed by atoms with E-state index < -0.39 is 5.97 Å². The molecule has 2 heterocycles. The first-order valence-electron chi connectivity index (χ1n) is 9.80. The molecular weight excluding hydrogens is 372 g/mol. The third-order valence-electron chi connectivity index (χ3n) is 5.26. The van der Waals surface area contributed by atoms with Crippen LogP contribution in [-0.2, 0) is 4.79 Å². The van der Waals surface area contributed by atoms with Crippen LogP contribution in [0.1, 0.15) is 25.3 Å². The molecule has 1 aliphatic rings. The van der Waals surface area contributed by atoms with Gasteiger partial charge in [-0.05, 0) is 50.1 Å². The molecule has 0 aliphatic carbocycles. The van der Waals surface area contributed by atoms with Crippen LogP contribution in [0.15, 0.2) is 24.3 Å². The molecule has 0 spiro atoms. The smallest absolute Gasteiger partial charge is 0.307 e. The van der Waals surface area contributed by atoms with E-state index in [1.54, 1.807) is 32.2 Å². The molecule has 29 heavy (non-hydrogen) atoms. The van der Waals surface area contributed by atoms with Crippen molar-refractivity contribution in [2.45, 2.75) is 32.7 Å². The zero-order valence-electron chi connectivity index (χ0n) is 17.1. The number of piperidine rings is 1. The molecule has 3 rings (SSSR count). The fraction of sp³-hybridized carbons (Fsp3) is 0.476. The fourth-order valence-electron chi connectivity index (χ4n) is 3.67. The number of ether oxygens (including phenoxy) is 1. The largest absolute Gasteiger partial charge is 0.507 e. The monoisotopic (exact) mass is 400 g/mol. The summed E-state index contributed by atoms with van der Waals surface area (Å²) < 4.78 is 5.12. The van der Waals surface area contributed by atoms with E-state index in [2.05, 4.69) is 20.4 Å². The second-order valence-corrected chi connectivity index (χ2v) is 7.63. The number of carbonyl (C=O) groups is 1. The number of aromatic nitrogens is 2. The van der Waals surface area contributed by atoms with E-state index in [4.69, 9.17) is 9.84 Å². The van der Waals surface area contributed by atoms with Crippen LogP contribution in [0.2, 0.25) is 0 Å². The summed E-state index contributed by atoms with van der Waals surface area (Å²) in [5, 5.41) is 31.4. The molecule has 1 fully saturated rings. The van der Waals surface area contributed by atoms with Gasteiger partial charge in [-0.2, -0.15) is 0 Å². The lowest BCUT2D eigenvalue weighted by molar-refractivity contribution is -0.141. The van der Waals surface area contributed by atoms with Crippen molar-refractivity contribution in [1.82, 2.24) is 15.1 Å². The quantitative estimate of drug-likeness (QED) is 0.651. The summed E-state index contributed by atoms with van der Waals surface area (Å²) >= 11 is 0. The Morgan fingerprint density at radius 1 is 1.38 bits per heavy atom. The summed E-state index contributed by atoms with van der Waals surface area (Å²) in [6.07, 6.45) is 2.01. The molecule has 0 radical (unpaired) electrons. The van der Waals surface area contributed by atoms with E-state index in [1.165, 1.54) is 0 Å². The Bertz CT molecular complexity index is 874. The minimum absolute atomic E-state index is 0.0953. The van der Waals surface area contributed by atoms with Crippen LogP contribution in [0.25, 0.3) is 11.3 Å². The van der Waals surface area contributed by atoms with Gasteiger partial charge in [0, 0.05) is 30.8 Å². The Labute approximate surface area is 170 Å². The number of anilines is 1. The van der Waals surface area contributed by atoms with E-state index in [9.17, 15) is 9.90 Å². The molecule has 8 nitrogen and oxygen atoms in total. The van der Waals surface area contributed by atoms with Crippen molar-refractivity contribution in [3.05, 3.63) is 29.8 Å². The van der Waals surface area contributed by atoms with E-state index in [0.717, 1.165) is 31.5 Å². The molecule has 0 bridgehead atoms. The predicted octanol–water partition coefficient (Wildman–Crippen LogP) is 2.76. The number of aromatic hydroxyl groups is 1. The second-order valence-electron chi connectivity index (χ2n) is 7.63. The Morgan fingerprint density at radius 2 is 2.17 bits per heavy atom. The van der Waals surface area contributed by atoms with Gasteiger partial charge in [0.1, 0.15) is 17.3 Å². The fourth-order valence-corrected chi connectivity index (χ4v) is 3.67. The normalized spacial score (nSPS) is 18.2. The molecule has 0 unspecified atom stereocenters. The van der Waals surface area contributed by atoms with Crippen LogP contribution in [0.5, 0.6) is 11.5 Å². The van der Waals surface area contributed by atoms with Gasteiger partial charge < -0.3 is 25.2 Å². The highest BCUT2D eigenvalue weighted by molar-refractivity contribution is 5.71. The van der Waals surface area contributed by atoms with Crippen molar-refractivity contribution in [3.63, 3.8) is 0 Å². The van der Waals surface area contributed by atoms with Crippen LogP contribution in [0, 0.1) is 12.8 Å². The van der Waals surface area contributed by atoms with E-state index >= 15 is 0 Å². The van der Waals surface area contributed by atoms with Crippen LogP contribution >= 0.6 is 0 Å². The number of aryl methyl sites for hydroxylation is 1. The summed E-state index contributed by atoms with van der Waals surface area (Å²) in [4.78, 5) is 13.3. The lowest BCUT2D eigenvalue weighted by atomic mass is 10.0. The van der Waals surface area contributed by atoms with Gasteiger partial charge in [0.15, 0.2) is 0 Å². The van der Waals surface area contributed by atoms with Gasteiger partial charge in [-0.15, -0.1) is 10.2 Å². The first kappa shape index (κ1) is 20.9. The Morgan fingerprint density at radius 3 is 2.83 bits per heavy atom. The number of phenols is 1. The minimum Gasteiger partial charge on any atom is -0.507 e. The lowest BCUT2D eigenvalue weighted by Gasteiger charge is -2.34. The molecule has 2 atom stereocenters. The van der Waals surface area contributed by atoms with Gasteiger partial charge in [-0.3, -0.25) is 4.79 Å². The number of aliphatic carboxylic acids is 1. The number of hydrogen-bond acceptors (Lipinski definition) is 7. The number of nitrogens with one attached hydrogen (secondary N) is 1. The van der Waals surface area contributed by atoms with Crippen LogP contribution in [-0.4, -0.2) is 64.1 Å². The van der Waals surface area contributed by atoms with Gasteiger partial charge in [-0.1, -0.05) is 6.92 Å².